The van der Waals surface area contributed by atoms with Crippen LogP contribution in [0.25, 0.3) is 0 Å². The van der Waals surface area contributed by atoms with Crippen LogP contribution in [0.5, 0.6) is 0 Å². The molecule has 3 fully saturated rings. The number of carbonyl (C=O) groups is 2. The van der Waals surface area contributed by atoms with Gasteiger partial charge in [0.1, 0.15) is 12.2 Å². The summed E-state index contributed by atoms with van der Waals surface area (Å²) in [5, 5.41) is 13.0. The smallest absolute Gasteiger partial charge is 0.407 e. The van der Waals surface area contributed by atoms with Crippen molar-refractivity contribution >= 4 is 12.1 Å². The van der Waals surface area contributed by atoms with Gasteiger partial charge in [0.05, 0.1) is 13.0 Å². The summed E-state index contributed by atoms with van der Waals surface area (Å²) in [7, 11) is 0. The molecule has 1 amide bonds. The zero-order valence-electron chi connectivity index (χ0n) is 15.7. The van der Waals surface area contributed by atoms with E-state index in [1.165, 1.54) is 0 Å². The van der Waals surface area contributed by atoms with Crippen molar-refractivity contribution in [2.75, 3.05) is 6.61 Å². The Hall–Kier alpha value is -1.30. The maximum absolute atomic E-state index is 12.1. The molecule has 0 bridgehead atoms. The van der Waals surface area contributed by atoms with E-state index in [0.29, 0.717) is 12.8 Å². The van der Waals surface area contributed by atoms with Crippen molar-refractivity contribution in [1.29, 1.82) is 0 Å². The molecule has 25 heavy (non-hydrogen) atoms. The molecule has 0 radical (unpaired) electrons. The van der Waals surface area contributed by atoms with Gasteiger partial charge in [0.25, 0.3) is 0 Å². The minimum Gasteiger partial charge on any atom is -0.462 e. The van der Waals surface area contributed by atoms with Crippen LogP contribution < -0.4 is 5.32 Å². The van der Waals surface area contributed by atoms with Gasteiger partial charge in [0, 0.05) is 17.4 Å². The normalized spacial score (nSPS) is 43.2. The summed E-state index contributed by atoms with van der Waals surface area (Å²) < 4.78 is 11.2. The van der Waals surface area contributed by atoms with Crippen molar-refractivity contribution in [2.24, 2.45) is 22.7 Å². The van der Waals surface area contributed by atoms with E-state index in [9.17, 15) is 14.7 Å². The standard InChI is InChI=1S/C19H31NO5/c1-11(2)20-17(23)25-15-7-8-18(3)12-9-16(22)24-13(12)5-6-14(18)19(15,4)10-21/h11-15,21H,5-10H2,1-4H3,(H,20,23). The highest BCUT2D eigenvalue weighted by Gasteiger charge is 2.62. The number of nitrogens with one attached hydrogen (secondary N) is 1. The van der Waals surface area contributed by atoms with Crippen LogP contribution in [0.2, 0.25) is 0 Å². The van der Waals surface area contributed by atoms with Gasteiger partial charge in [0.15, 0.2) is 0 Å². The highest BCUT2D eigenvalue weighted by Crippen LogP contribution is 2.62. The zero-order valence-corrected chi connectivity index (χ0v) is 15.7. The predicted octanol–water partition coefficient (Wildman–Crippen LogP) is 2.63. The largest absolute Gasteiger partial charge is 0.462 e. The maximum atomic E-state index is 12.1. The summed E-state index contributed by atoms with van der Waals surface area (Å²) in [4.78, 5) is 23.9. The van der Waals surface area contributed by atoms with Crippen LogP contribution in [0.1, 0.15) is 59.8 Å². The lowest BCUT2D eigenvalue weighted by Crippen LogP contribution is -2.60. The summed E-state index contributed by atoms with van der Waals surface area (Å²) in [6.45, 7) is 8.01. The summed E-state index contributed by atoms with van der Waals surface area (Å²) in [6, 6.07) is 0.0128. The molecule has 0 aromatic carbocycles. The highest BCUT2D eigenvalue weighted by atomic mass is 16.6. The topological polar surface area (TPSA) is 84.9 Å². The second kappa shape index (κ2) is 6.45. The third kappa shape index (κ3) is 3.03. The molecule has 6 unspecified atom stereocenters. The fraction of sp³-hybridized carbons (Fsp3) is 0.895. The first kappa shape index (κ1) is 18.5. The lowest BCUT2D eigenvalue weighted by molar-refractivity contribution is -0.175. The second-order valence-corrected chi connectivity index (χ2v) is 8.87. The van der Waals surface area contributed by atoms with Gasteiger partial charge in [-0.15, -0.1) is 0 Å². The van der Waals surface area contributed by atoms with E-state index in [1.54, 1.807) is 0 Å². The van der Waals surface area contributed by atoms with Gasteiger partial charge >= 0.3 is 12.1 Å². The predicted molar refractivity (Wildman–Crippen MR) is 91.8 cm³/mol. The Morgan fingerprint density at radius 2 is 2.08 bits per heavy atom. The molecule has 2 N–H and O–H groups in total. The van der Waals surface area contributed by atoms with E-state index in [1.807, 2.05) is 20.8 Å². The molecule has 2 aliphatic carbocycles. The Labute approximate surface area is 149 Å². The van der Waals surface area contributed by atoms with Crippen molar-refractivity contribution < 1.29 is 24.2 Å². The van der Waals surface area contributed by atoms with E-state index in [0.717, 1.165) is 19.3 Å². The number of alkyl carbamates (subject to hydrolysis) is 1. The molecule has 6 atom stereocenters. The second-order valence-electron chi connectivity index (χ2n) is 8.87. The van der Waals surface area contributed by atoms with E-state index >= 15 is 0 Å². The van der Waals surface area contributed by atoms with E-state index < -0.39 is 11.5 Å². The molecule has 2 saturated carbocycles. The number of aliphatic hydroxyl groups is 1. The number of carbonyl (C=O) groups excluding carboxylic acids is 2. The van der Waals surface area contributed by atoms with Gasteiger partial charge < -0.3 is 19.9 Å². The van der Waals surface area contributed by atoms with Gasteiger partial charge in [-0.05, 0) is 50.9 Å². The van der Waals surface area contributed by atoms with E-state index in [4.69, 9.17) is 9.47 Å². The molecular formula is C19H31NO5. The van der Waals surface area contributed by atoms with Crippen molar-refractivity contribution in [3.05, 3.63) is 0 Å². The van der Waals surface area contributed by atoms with Crippen LogP contribution in [-0.2, 0) is 14.3 Å². The number of aliphatic hydroxyl groups excluding tert-OH is 1. The van der Waals surface area contributed by atoms with Crippen molar-refractivity contribution in [3.63, 3.8) is 0 Å². The van der Waals surface area contributed by atoms with Gasteiger partial charge in [-0.2, -0.15) is 0 Å². The van der Waals surface area contributed by atoms with Crippen LogP contribution in [0, 0.1) is 22.7 Å². The monoisotopic (exact) mass is 353 g/mol. The summed E-state index contributed by atoms with van der Waals surface area (Å²) in [6.07, 6.45) is 3.04. The lowest BCUT2D eigenvalue weighted by atomic mass is 9.46. The Bertz CT molecular complexity index is 550. The molecule has 3 rings (SSSR count). The van der Waals surface area contributed by atoms with Crippen LogP contribution in [-0.4, -0.2) is 42.0 Å². The first-order valence-electron chi connectivity index (χ1n) is 9.48. The van der Waals surface area contributed by atoms with Gasteiger partial charge in [-0.25, -0.2) is 4.79 Å². The molecule has 1 aliphatic heterocycles. The molecule has 1 saturated heterocycles. The third-order valence-electron chi connectivity index (χ3n) is 6.97. The first-order valence-corrected chi connectivity index (χ1v) is 9.48. The fourth-order valence-electron chi connectivity index (χ4n) is 5.69. The SMILES string of the molecule is CC(C)NC(=O)OC1CCC2(C)C3CC(=O)OC3CCC2C1(C)CO. The number of fused-ring (bicyclic) bond motifs is 3. The minimum absolute atomic E-state index is 0.0124. The van der Waals surface area contributed by atoms with Crippen LogP contribution in [0.3, 0.4) is 0 Å². The van der Waals surface area contributed by atoms with Gasteiger partial charge in [-0.1, -0.05) is 13.8 Å². The Morgan fingerprint density at radius 3 is 2.72 bits per heavy atom. The molecule has 1 heterocycles. The molecule has 3 aliphatic rings. The number of hydrogen-bond donors (Lipinski definition) is 2. The average molecular weight is 353 g/mol. The van der Waals surface area contributed by atoms with Crippen LogP contribution >= 0.6 is 0 Å². The third-order valence-corrected chi connectivity index (χ3v) is 6.97. The number of hydrogen-bond acceptors (Lipinski definition) is 5. The number of rotatable bonds is 3. The van der Waals surface area contributed by atoms with Crippen molar-refractivity contribution in [2.45, 2.75) is 78.0 Å². The van der Waals surface area contributed by atoms with Crippen molar-refractivity contribution in [3.8, 4) is 0 Å². The van der Waals surface area contributed by atoms with Gasteiger partial charge in [-0.3, -0.25) is 4.79 Å². The van der Waals surface area contributed by atoms with Crippen molar-refractivity contribution in [1.82, 2.24) is 5.32 Å². The van der Waals surface area contributed by atoms with Crippen LogP contribution in [0.4, 0.5) is 4.79 Å². The number of amides is 1. The van der Waals surface area contributed by atoms with Gasteiger partial charge in [0.2, 0.25) is 0 Å². The molecule has 6 nitrogen and oxygen atoms in total. The van der Waals surface area contributed by atoms with Crippen LogP contribution in [0.15, 0.2) is 0 Å². The number of esters is 1. The minimum atomic E-state index is -0.502. The zero-order chi connectivity index (χ0) is 18.4. The summed E-state index contributed by atoms with van der Waals surface area (Å²) in [5.74, 6) is 0.304. The Balaban J connectivity index is 1.82. The number of ether oxygens (including phenoxy) is 2. The molecule has 0 aromatic rings. The Kier molecular flexibility index (Phi) is 4.77. The van der Waals surface area contributed by atoms with E-state index in [-0.39, 0.29) is 48.1 Å². The molecule has 0 aromatic heterocycles. The Morgan fingerprint density at radius 1 is 1.36 bits per heavy atom. The molecule has 142 valence electrons. The molecule has 0 spiro atoms. The summed E-state index contributed by atoms with van der Waals surface area (Å²) >= 11 is 0. The lowest BCUT2D eigenvalue weighted by Gasteiger charge is -2.59. The van der Waals surface area contributed by atoms with E-state index in [2.05, 4.69) is 12.2 Å². The quantitative estimate of drug-likeness (QED) is 0.762. The first-order chi connectivity index (χ1) is 11.7. The molecule has 6 heteroatoms. The highest BCUT2D eigenvalue weighted by molar-refractivity contribution is 5.72. The maximum Gasteiger partial charge on any atom is 0.407 e. The summed E-state index contributed by atoms with van der Waals surface area (Å²) in [5.41, 5.74) is -0.571. The molecular weight excluding hydrogens is 322 g/mol. The average Bonchev–Trinajstić information content (AvgIpc) is 2.91. The fourth-order valence-corrected chi connectivity index (χ4v) is 5.69.